The van der Waals surface area contributed by atoms with Gasteiger partial charge in [-0.05, 0) is 20.8 Å². The van der Waals surface area contributed by atoms with Crippen LogP contribution in [0.5, 0.6) is 0 Å². The van der Waals surface area contributed by atoms with Crippen molar-refractivity contribution >= 4 is 23.2 Å². The highest BCUT2D eigenvalue weighted by atomic mass is 32.1. The Balaban J connectivity index is 0.000000585. The molecule has 0 saturated carbocycles. The number of carbonyl (C=O) groups is 2. The molecule has 0 bridgehead atoms. The first-order valence-corrected chi connectivity index (χ1v) is 7.30. The van der Waals surface area contributed by atoms with E-state index in [9.17, 15) is 18.0 Å². The van der Waals surface area contributed by atoms with Crippen molar-refractivity contribution in [3.63, 3.8) is 0 Å². The molecule has 0 aliphatic rings. The zero-order chi connectivity index (χ0) is 18.2. The molecule has 6 nitrogen and oxygen atoms in total. The molecule has 0 unspecified atom stereocenters. The summed E-state index contributed by atoms with van der Waals surface area (Å²) in [6.07, 6.45) is -4.68. The number of carboxylic acids is 1. The van der Waals surface area contributed by atoms with Gasteiger partial charge in [-0.3, -0.25) is 4.79 Å². The summed E-state index contributed by atoms with van der Waals surface area (Å²) < 4.78 is 36.7. The maximum Gasteiger partial charge on any atom is 0.490 e. The summed E-state index contributed by atoms with van der Waals surface area (Å²) in [5.41, 5.74) is 0.956. The van der Waals surface area contributed by atoms with Gasteiger partial charge < -0.3 is 15.2 Å². The third-order valence-corrected chi connectivity index (χ3v) is 3.46. The number of aliphatic carboxylic acids is 1. The molecule has 1 aromatic rings. The van der Waals surface area contributed by atoms with Crippen LogP contribution in [-0.4, -0.2) is 47.9 Å². The van der Waals surface area contributed by atoms with Crippen molar-refractivity contribution in [2.24, 2.45) is 0 Å². The molecule has 0 aromatic carbocycles. The van der Waals surface area contributed by atoms with Gasteiger partial charge in [-0.2, -0.15) is 13.2 Å². The minimum absolute atomic E-state index is 0.0244. The predicted molar refractivity (Wildman–Crippen MR) is 78.5 cm³/mol. The van der Waals surface area contributed by atoms with E-state index in [1.165, 1.54) is 0 Å². The molecule has 0 fully saturated rings. The second-order valence-corrected chi connectivity index (χ2v) is 5.93. The topological polar surface area (TPSA) is 88.5 Å². The highest BCUT2D eigenvalue weighted by Crippen LogP contribution is 2.17. The number of aryl methyl sites for hydroxylation is 2. The van der Waals surface area contributed by atoms with Crippen LogP contribution >= 0.6 is 11.3 Å². The molecule has 23 heavy (non-hydrogen) atoms. The molecular weight excluding hydrogens is 337 g/mol. The summed E-state index contributed by atoms with van der Waals surface area (Å²) in [6, 6.07) is 0.0480. The van der Waals surface area contributed by atoms with E-state index in [0.29, 0.717) is 13.0 Å². The average Bonchev–Trinajstić information content (AvgIpc) is 2.67. The van der Waals surface area contributed by atoms with Crippen molar-refractivity contribution < 1.29 is 32.6 Å². The van der Waals surface area contributed by atoms with Crippen molar-refractivity contribution in [3.8, 4) is 0 Å². The van der Waals surface area contributed by atoms with E-state index < -0.39 is 12.1 Å². The predicted octanol–water partition coefficient (Wildman–Crippen LogP) is 2.09. The van der Waals surface area contributed by atoms with Gasteiger partial charge in [-0.25, -0.2) is 9.78 Å². The third kappa shape index (κ3) is 9.14. The van der Waals surface area contributed by atoms with E-state index in [2.05, 4.69) is 10.3 Å². The number of aromatic nitrogens is 1. The normalized spacial score (nSPS) is 12.1. The summed E-state index contributed by atoms with van der Waals surface area (Å²) in [5.74, 6) is -2.73. The van der Waals surface area contributed by atoms with Gasteiger partial charge in [-0.1, -0.05) is 0 Å². The molecule has 132 valence electrons. The molecule has 1 heterocycles. The van der Waals surface area contributed by atoms with E-state index in [0.717, 1.165) is 15.6 Å². The number of amides is 1. The van der Waals surface area contributed by atoms with E-state index >= 15 is 0 Å². The zero-order valence-corrected chi connectivity index (χ0v) is 14.0. The first kappa shape index (κ1) is 21.3. The van der Waals surface area contributed by atoms with Gasteiger partial charge in [0.15, 0.2) is 0 Å². The number of hydrogen-bond donors (Lipinski definition) is 2. The number of nitrogens with one attached hydrogen (secondary N) is 1. The third-order valence-electron chi connectivity index (χ3n) is 2.39. The summed E-state index contributed by atoms with van der Waals surface area (Å²) in [5, 5.41) is 11.0. The highest BCUT2D eigenvalue weighted by molar-refractivity contribution is 7.11. The van der Waals surface area contributed by atoms with Crippen LogP contribution in [0, 0.1) is 13.8 Å². The minimum Gasteiger partial charge on any atom is -0.475 e. The van der Waals surface area contributed by atoms with Crippen LogP contribution in [0.1, 0.15) is 22.5 Å². The zero-order valence-electron chi connectivity index (χ0n) is 13.2. The highest BCUT2D eigenvalue weighted by Gasteiger charge is 2.38. The van der Waals surface area contributed by atoms with Crippen LogP contribution < -0.4 is 5.32 Å². The molecule has 2 N–H and O–H groups in total. The Morgan fingerprint density at radius 2 is 1.91 bits per heavy atom. The Kier molecular flexibility index (Phi) is 8.77. The molecule has 0 saturated heterocycles. The number of hydrogen-bond acceptors (Lipinski definition) is 5. The van der Waals surface area contributed by atoms with Crippen LogP contribution in [0.3, 0.4) is 0 Å². The molecule has 1 atom stereocenters. The fourth-order valence-corrected chi connectivity index (χ4v) is 2.44. The summed E-state index contributed by atoms with van der Waals surface area (Å²) in [6.45, 7) is 6.34. The van der Waals surface area contributed by atoms with Crippen molar-refractivity contribution in [1.82, 2.24) is 10.3 Å². The van der Waals surface area contributed by atoms with Gasteiger partial charge in [0, 0.05) is 18.0 Å². The Morgan fingerprint density at radius 1 is 1.39 bits per heavy atom. The van der Waals surface area contributed by atoms with Gasteiger partial charge in [0.2, 0.25) is 5.91 Å². The number of ether oxygens (including phenoxy) is 1. The van der Waals surface area contributed by atoms with Crippen LogP contribution in [0.4, 0.5) is 13.2 Å². The fraction of sp³-hybridized carbons (Fsp3) is 0.615. The molecule has 0 aliphatic carbocycles. The number of nitrogens with zero attached hydrogens (tertiary/aromatic N) is 1. The number of alkyl halides is 3. The number of halogens is 3. The number of methoxy groups -OCH3 is 1. The number of carbonyl (C=O) groups excluding carboxylic acids is 1. The van der Waals surface area contributed by atoms with Crippen molar-refractivity contribution in [3.05, 3.63) is 15.6 Å². The van der Waals surface area contributed by atoms with Crippen molar-refractivity contribution in [1.29, 1.82) is 0 Å². The van der Waals surface area contributed by atoms with Crippen molar-refractivity contribution in [2.45, 2.75) is 39.4 Å². The summed E-state index contributed by atoms with van der Waals surface area (Å²) >= 11 is 1.58. The minimum atomic E-state index is -5.08. The Labute approximate surface area is 135 Å². The number of thiazole rings is 1. The second kappa shape index (κ2) is 9.46. The number of rotatable bonds is 5. The van der Waals surface area contributed by atoms with Crippen molar-refractivity contribution in [2.75, 3.05) is 13.7 Å². The van der Waals surface area contributed by atoms with Gasteiger partial charge in [0.05, 0.1) is 23.7 Å². The van der Waals surface area contributed by atoms with E-state index in [1.54, 1.807) is 18.4 Å². The van der Waals surface area contributed by atoms with Gasteiger partial charge >= 0.3 is 12.1 Å². The first-order chi connectivity index (χ1) is 10.5. The van der Waals surface area contributed by atoms with Crippen LogP contribution in [0.25, 0.3) is 0 Å². The molecule has 1 amide bonds. The molecule has 0 radical (unpaired) electrons. The van der Waals surface area contributed by atoms with Crippen LogP contribution in [0.15, 0.2) is 0 Å². The van der Waals surface area contributed by atoms with Gasteiger partial charge in [-0.15, -0.1) is 11.3 Å². The maximum atomic E-state index is 11.7. The second-order valence-electron chi connectivity index (χ2n) is 4.65. The largest absolute Gasteiger partial charge is 0.490 e. The SMILES string of the molecule is COC[C@H](C)NC(=O)Cc1sc(C)nc1C.O=C(O)C(F)(F)F. The standard InChI is InChI=1S/C11H18N2O2S.C2HF3O2/c1-7(6-15-4)12-11(14)5-10-8(2)13-9(3)16-10;3-2(4,5)1(6)7/h7H,5-6H2,1-4H3,(H,12,14);(H,6,7)/t7-;/m0./s1. The molecule has 10 heteroatoms. The molecular formula is C13H19F3N2O4S. The van der Waals surface area contributed by atoms with Gasteiger partial charge in [0.1, 0.15) is 0 Å². The average molecular weight is 356 g/mol. The first-order valence-electron chi connectivity index (χ1n) is 6.48. The van der Waals surface area contributed by atoms with E-state index in [1.807, 2.05) is 20.8 Å². The van der Waals surface area contributed by atoms with E-state index in [4.69, 9.17) is 14.6 Å². The molecule has 0 aliphatic heterocycles. The monoisotopic (exact) mass is 356 g/mol. The Bertz CT molecular complexity index is 532. The lowest BCUT2D eigenvalue weighted by molar-refractivity contribution is -0.192. The summed E-state index contributed by atoms with van der Waals surface area (Å²) in [4.78, 5) is 25.9. The lowest BCUT2D eigenvalue weighted by atomic mass is 10.2. The molecule has 0 spiro atoms. The lowest BCUT2D eigenvalue weighted by Gasteiger charge is -2.12. The Hall–Kier alpha value is -1.68. The smallest absolute Gasteiger partial charge is 0.475 e. The van der Waals surface area contributed by atoms with Crippen LogP contribution in [0.2, 0.25) is 0 Å². The lowest BCUT2D eigenvalue weighted by Crippen LogP contribution is -2.36. The Morgan fingerprint density at radius 3 is 2.26 bits per heavy atom. The molecule has 1 rings (SSSR count). The maximum absolute atomic E-state index is 11.7. The van der Waals surface area contributed by atoms with Gasteiger partial charge in [0.25, 0.3) is 0 Å². The molecule has 1 aromatic heterocycles. The van der Waals surface area contributed by atoms with E-state index in [-0.39, 0.29) is 11.9 Å². The summed E-state index contributed by atoms with van der Waals surface area (Å²) in [7, 11) is 1.62. The fourth-order valence-electron chi connectivity index (χ4n) is 1.50. The number of carboxylic acid groups (broad SMARTS) is 1. The quantitative estimate of drug-likeness (QED) is 0.843. The van der Waals surface area contributed by atoms with Crippen LogP contribution in [-0.2, 0) is 20.7 Å².